The first-order chi connectivity index (χ1) is 12.8. The van der Waals surface area contributed by atoms with E-state index >= 15 is 0 Å². The second kappa shape index (κ2) is 7.41. The molecule has 138 valence electrons. The van der Waals surface area contributed by atoms with Crippen molar-refractivity contribution in [3.63, 3.8) is 0 Å². The number of ether oxygens (including phenoxy) is 2. The Labute approximate surface area is 151 Å². The third kappa shape index (κ3) is 3.29. The van der Waals surface area contributed by atoms with Gasteiger partial charge in [-0.25, -0.2) is 9.97 Å². The van der Waals surface area contributed by atoms with Crippen LogP contribution in [0, 0.1) is 0 Å². The van der Waals surface area contributed by atoms with Crippen molar-refractivity contribution in [2.24, 2.45) is 0 Å². The fourth-order valence-electron chi connectivity index (χ4n) is 3.66. The zero-order chi connectivity index (χ0) is 17.9. The summed E-state index contributed by atoms with van der Waals surface area (Å²) in [6.45, 7) is 2.23. The van der Waals surface area contributed by atoms with Gasteiger partial charge in [-0.1, -0.05) is 0 Å². The molecule has 1 atom stereocenters. The number of aromatic nitrogens is 4. The second-order valence-corrected chi connectivity index (χ2v) is 6.71. The number of nitrogens with zero attached hydrogens (tertiary/aromatic N) is 4. The smallest absolute Gasteiger partial charge is 0.256 e. The van der Waals surface area contributed by atoms with E-state index in [1.165, 1.54) is 0 Å². The first-order valence-electron chi connectivity index (χ1n) is 9.07. The topological polar surface area (TPSA) is 93.2 Å². The van der Waals surface area contributed by atoms with E-state index in [-0.39, 0.29) is 11.9 Å². The Balaban J connectivity index is 1.50. The van der Waals surface area contributed by atoms with Gasteiger partial charge < -0.3 is 14.4 Å². The number of H-pyrrole nitrogens is 1. The summed E-state index contributed by atoms with van der Waals surface area (Å²) >= 11 is 0. The van der Waals surface area contributed by atoms with Gasteiger partial charge in [0.1, 0.15) is 5.82 Å². The van der Waals surface area contributed by atoms with Crippen LogP contribution in [-0.2, 0) is 4.74 Å². The molecule has 2 aliphatic heterocycles. The van der Waals surface area contributed by atoms with Crippen LogP contribution in [0.25, 0.3) is 0 Å². The Morgan fingerprint density at radius 2 is 2.15 bits per heavy atom. The SMILES string of the molecule is COc1ccc(C(=O)N2CCC[C@H]2c2nc(C3CCOCC3)n[nH]2)cn1. The molecule has 0 aromatic carbocycles. The molecule has 0 saturated carbocycles. The van der Waals surface area contributed by atoms with E-state index in [0.29, 0.717) is 23.9 Å². The highest BCUT2D eigenvalue weighted by Gasteiger charge is 2.33. The Kier molecular flexibility index (Phi) is 4.83. The van der Waals surface area contributed by atoms with Gasteiger partial charge in [0.05, 0.1) is 18.7 Å². The molecule has 1 amide bonds. The maximum absolute atomic E-state index is 12.9. The number of methoxy groups -OCH3 is 1. The molecule has 0 bridgehead atoms. The monoisotopic (exact) mass is 357 g/mol. The predicted molar refractivity (Wildman–Crippen MR) is 93.0 cm³/mol. The van der Waals surface area contributed by atoms with Crippen molar-refractivity contribution in [1.29, 1.82) is 0 Å². The molecule has 8 nitrogen and oxygen atoms in total. The molecular formula is C18H23N5O3. The number of pyridine rings is 1. The molecule has 2 aromatic heterocycles. The number of hydrogen-bond acceptors (Lipinski definition) is 6. The van der Waals surface area contributed by atoms with Crippen LogP contribution in [0.5, 0.6) is 5.88 Å². The number of nitrogens with one attached hydrogen (secondary N) is 1. The van der Waals surface area contributed by atoms with E-state index in [1.54, 1.807) is 25.4 Å². The number of likely N-dealkylation sites (tertiary alicyclic amines) is 1. The Morgan fingerprint density at radius 1 is 1.31 bits per heavy atom. The van der Waals surface area contributed by atoms with Gasteiger partial charge in [-0.05, 0) is 31.7 Å². The summed E-state index contributed by atoms with van der Waals surface area (Å²) in [4.78, 5) is 23.6. The molecule has 2 saturated heterocycles. The molecule has 4 rings (SSSR count). The van der Waals surface area contributed by atoms with Crippen LogP contribution in [0.3, 0.4) is 0 Å². The average Bonchev–Trinajstić information content (AvgIpc) is 3.37. The molecule has 2 aliphatic rings. The normalized spacial score (nSPS) is 21.1. The number of hydrogen-bond donors (Lipinski definition) is 1. The van der Waals surface area contributed by atoms with E-state index in [2.05, 4.69) is 15.2 Å². The molecule has 0 aliphatic carbocycles. The summed E-state index contributed by atoms with van der Waals surface area (Å²) in [5.41, 5.74) is 0.557. The first-order valence-corrected chi connectivity index (χ1v) is 9.07. The maximum atomic E-state index is 12.9. The van der Waals surface area contributed by atoms with Gasteiger partial charge in [-0.2, -0.15) is 5.10 Å². The summed E-state index contributed by atoms with van der Waals surface area (Å²) in [5, 5.41) is 7.48. The third-order valence-corrected chi connectivity index (χ3v) is 5.13. The fraction of sp³-hybridized carbons (Fsp3) is 0.556. The lowest BCUT2D eigenvalue weighted by molar-refractivity contribution is 0.0729. The van der Waals surface area contributed by atoms with Crippen molar-refractivity contribution in [2.75, 3.05) is 26.9 Å². The van der Waals surface area contributed by atoms with Crippen LogP contribution in [-0.4, -0.2) is 57.8 Å². The van der Waals surface area contributed by atoms with Crippen molar-refractivity contribution >= 4 is 5.91 Å². The molecule has 2 fully saturated rings. The Bertz CT molecular complexity index is 754. The van der Waals surface area contributed by atoms with Crippen molar-refractivity contribution in [2.45, 2.75) is 37.6 Å². The number of rotatable bonds is 4. The van der Waals surface area contributed by atoms with Gasteiger partial charge in [0.15, 0.2) is 5.82 Å². The highest BCUT2D eigenvalue weighted by molar-refractivity contribution is 5.94. The van der Waals surface area contributed by atoms with Gasteiger partial charge in [0, 0.05) is 37.9 Å². The van der Waals surface area contributed by atoms with Crippen LogP contribution in [0.15, 0.2) is 18.3 Å². The van der Waals surface area contributed by atoms with E-state index < -0.39 is 0 Å². The van der Waals surface area contributed by atoms with Gasteiger partial charge >= 0.3 is 0 Å². The zero-order valence-electron chi connectivity index (χ0n) is 14.9. The predicted octanol–water partition coefficient (Wildman–Crippen LogP) is 2.08. The van der Waals surface area contributed by atoms with Crippen molar-refractivity contribution in [1.82, 2.24) is 25.1 Å². The lowest BCUT2D eigenvalue weighted by atomic mass is 10.00. The molecular weight excluding hydrogens is 334 g/mol. The van der Waals surface area contributed by atoms with Crippen molar-refractivity contribution in [3.8, 4) is 5.88 Å². The van der Waals surface area contributed by atoms with Gasteiger partial charge in [0.25, 0.3) is 5.91 Å². The summed E-state index contributed by atoms with van der Waals surface area (Å²) in [6.07, 6.45) is 5.29. The molecule has 0 spiro atoms. The molecule has 26 heavy (non-hydrogen) atoms. The summed E-state index contributed by atoms with van der Waals surface area (Å²) in [5.74, 6) is 2.42. The molecule has 0 radical (unpaired) electrons. The molecule has 2 aromatic rings. The molecule has 4 heterocycles. The second-order valence-electron chi connectivity index (χ2n) is 6.71. The van der Waals surface area contributed by atoms with E-state index in [0.717, 1.165) is 50.5 Å². The van der Waals surface area contributed by atoms with Crippen LogP contribution in [0.2, 0.25) is 0 Å². The van der Waals surface area contributed by atoms with Crippen molar-refractivity contribution < 1.29 is 14.3 Å². The average molecular weight is 357 g/mol. The van der Waals surface area contributed by atoms with E-state index in [9.17, 15) is 4.79 Å². The standard InChI is InChI=1S/C18H23N5O3/c1-25-15-5-4-13(11-19-15)18(24)23-8-2-3-14(23)17-20-16(21-22-17)12-6-9-26-10-7-12/h4-5,11-12,14H,2-3,6-10H2,1H3,(H,20,21,22)/t14-/m0/s1. The van der Waals surface area contributed by atoms with Gasteiger partial charge in [-0.3, -0.25) is 9.89 Å². The summed E-state index contributed by atoms with van der Waals surface area (Å²) in [6, 6.07) is 3.39. The molecule has 0 unspecified atom stereocenters. The van der Waals surface area contributed by atoms with E-state index in [4.69, 9.17) is 14.5 Å². The van der Waals surface area contributed by atoms with Crippen LogP contribution in [0.4, 0.5) is 0 Å². The zero-order valence-corrected chi connectivity index (χ0v) is 14.9. The summed E-state index contributed by atoms with van der Waals surface area (Å²) < 4.78 is 10.5. The number of carbonyl (C=O) groups is 1. The Morgan fingerprint density at radius 3 is 2.88 bits per heavy atom. The lowest BCUT2D eigenvalue weighted by Crippen LogP contribution is -2.31. The maximum Gasteiger partial charge on any atom is 0.256 e. The minimum atomic E-state index is -0.0642. The number of carbonyl (C=O) groups excluding carboxylic acids is 1. The van der Waals surface area contributed by atoms with E-state index in [1.807, 2.05) is 4.90 Å². The first kappa shape index (κ1) is 17.0. The van der Waals surface area contributed by atoms with Crippen LogP contribution >= 0.6 is 0 Å². The minimum absolute atomic E-state index is 0.0355. The highest BCUT2D eigenvalue weighted by Crippen LogP contribution is 2.32. The fourth-order valence-corrected chi connectivity index (χ4v) is 3.66. The Hall–Kier alpha value is -2.48. The molecule has 1 N–H and O–H groups in total. The van der Waals surface area contributed by atoms with Crippen molar-refractivity contribution in [3.05, 3.63) is 35.5 Å². The number of aromatic amines is 1. The van der Waals surface area contributed by atoms with Gasteiger partial charge in [0.2, 0.25) is 5.88 Å². The number of amides is 1. The highest BCUT2D eigenvalue weighted by atomic mass is 16.5. The summed E-state index contributed by atoms with van der Waals surface area (Å²) in [7, 11) is 1.56. The third-order valence-electron chi connectivity index (χ3n) is 5.13. The lowest BCUT2D eigenvalue weighted by Gasteiger charge is -2.23. The minimum Gasteiger partial charge on any atom is -0.481 e. The van der Waals surface area contributed by atoms with Crippen LogP contribution in [0.1, 0.15) is 59.6 Å². The van der Waals surface area contributed by atoms with Gasteiger partial charge in [-0.15, -0.1) is 0 Å². The largest absolute Gasteiger partial charge is 0.481 e. The molecule has 8 heteroatoms. The van der Waals surface area contributed by atoms with Crippen LogP contribution < -0.4 is 4.74 Å². The quantitative estimate of drug-likeness (QED) is 0.900.